The number of fused-ring (bicyclic) bond motifs is 1. The molecule has 4 rings (SSSR count). The molecule has 2 N–H and O–H groups in total. The van der Waals surface area contributed by atoms with Gasteiger partial charge in [-0.2, -0.15) is 0 Å². The first-order valence-corrected chi connectivity index (χ1v) is 10.5. The van der Waals surface area contributed by atoms with E-state index < -0.39 is 5.41 Å². The summed E-state index contributed by atoms with van der Waals surface area (Å²) in [6.07, 6.45) is 3.38. The predicted octanol–water partition coefficient (Wildman–Crippen LogP) is 6.39. The molecule has 0 radical (unpaired) electrons. The molecule has 3 aromatic carbocycles. The van der Waals surface area contributed by atoms with Crippen molar-refractivity contribution in [2.24, 2.45) is 0 Å². The van der Waals surface area contributed by atoms with Crippen molar-refractivity contribution in [2.75, 3.05) is 0 Å². The van der Waals surface area contributed by atoms with Crippen LogP contribution in [0.1, 0.15) is 52.8 Å². The van der Waals surface area contributed by atoms with Crippen molar-refractivity contribution in [3.05, 3.63) is 111 Å². The summed E-state index contributed by atoms with van der Waals surface area (Å²) in [5.74, 6) is 0.534. The number of para-hydroxylation sites is 1. The number of hydrogen-bond donors (Lipinski definition) is 2. The molecular weight excluding hydrogens is 400 g/mol. The van der Waals surface area contributed by atoms with Gasteiger partial charge in [0, 0.05) is 5.56 Å². The molecule has 0 aliphatic carbocycles. The van der Waals surface area contributed by atoms with Crippen LogP contribution in [-0.4, -0.2) is 16.2 Å². The Hall–Kier alpha value is -3.79. The first kappa shape index (κ1) is 21.4. The third-order valence-corrected chi connectivity index (χ3v) is 5.95. The Balaban J connectivity index is 2.07. The molecule has 0 saturated heterocycles. The molecule has 4 heteroatoms. The summed E-state index contributed by atoms with van der Waals surface area (Å²) in [6.45, 7) is 7.17. The van der Waals surface area contributed by atoms with E-state index in [-0.39, 0.29) is 17.5 Å². The second kappa shape index (κ2) is 8.04. The SMILES string of the molecule is C/C(O)=C\c1cc(C2(c3ccc(C)c(/C=C(\C)O)c3)C(=O)Oc3ccccc32)ccc1C. The third-order valence-electron chi connectivity index (χ3n) is 5.95. The van der Waals surface area contributed by atoms with Crippen molar-refractivity contribution < 1.29 is 19.7 Å². The maximum atomic E-state index is 13.6. The number of carbonyl (C=O) groups is 1. The second-order valence-corrected chi connectivity index (χ2v) is 8.35. The molecule has 0 spiro atoms. The Morgan fingerprint density at radius 2 is 1.31 bits per heavy atom. The monoisotopic (exact) mass is 426 g/mol. The predicted molar refractivity (Wildman–Crippen MR) is 127 cm³/mol. The third kappa shape index (κ3) is 3.48. The molecule has 1 heterocycles. The molecule has 0 aromatic heterocycles. The minimum atomic E-state index is -1.17. The standard InChI is InChI=1S/C28H26O4/c1-17-9-11-23(15-21(17)13-19(3)29)28(25-7-5-6-8-26(25)32-27(28)31)24-12-10-18(2)22(16-24)14-20(4)30/h5-16,29-30H,1-4H3/b19-13+,20-14+. The lowest BCUT2D eigenvalue weighted by Gasteiger charge is -2.29. The molecule has 0 bridgehead atoms. The lowest BCUT2D eigenvalue weighted by molar-refractivity contribution is -0.135. The van der Waals surface area contributed by atoms with E-state index in [2.05, 4.69) is 0 Å². The number of aliphatic hydroxyl groups is 2. The van der Waals surface area contributed by atoms with Gasteiger partial charge in [0.05, 0.1) is 11.5 Å². The topological polar surface area (TPSA) is 66.8 Å². The van der Waals surface area contributed by atoms with Gasteiger partial charge in [-0.3, -0.25) is 0 Å². The lowest BCUT2D eigenvalue weighted by atomic mass is 9.69. The maximum absolute atomic E-state index is 13.6. The quantitative estimate of drug-likeness (QED) is 0.288. The van der Waals surface area contributed by atoms with Crippen molar-refractivity contribution >= 4 is 18.1 Å². The number of esters is 1. The molecule has 0 saturated carbocycles. The Kier molecular flexibility index (Phi) is 5.39. The van der Waals surface area contributed by atoms with Crippen molar-refractivity contribution in [1.29, 1.82) is 0 Å². The smallest absolute Gasteiger partial charge is 0.331 e. The fourth-order valence-electron chi connectivity index (χ4n) is 4.37. The van der Waals surface area contributed by atoms with E-state index in [0.29, 0.717) is 5.75 Å². The average molecular weight is 427 g/mol. The zero-order valence-electron chi connectivity index (χ0n) is 18.6. The van der Waals surface area contributed by atoms with Crippen LogP contribution in [0.2, 0.25) is 0 Å². The van der Waals surface area contributed by atoms with Gasteiger partial charge in [0.25, 0.3) is 0 Å². The molecule has 1 aliphatic rings. The number of aliphatic hydroxyl groups excluding tert-OH is 2. The number of carbonyl (C=O) groups excluding carboxylic acids is 1. The first-order chi connectivity index (χ1) is 15.2. The van der Waals surface area contributed by atoms with Gasteiger partial charge in [0.15, 0.2) is 0 Å². The van der Waals surface area contributed by atoms with Gasteiger partial charge in [-0.15, -0.1) is 0 Å². The lowest BCUT2D eigenvalue weighted by Crippen LogP contribution is -2.36. The van der Waals surface area contributed by atoms with Crippen LogP contribution in [0.5, 0.6) is 5.75 Å². The van der Waals surface area contributed by atoms with E-state index in [9.17, 15) is 15.0 Å². The Labute approximate surface area is 188 Å². The molecule has 0 unspecified atom stereocenters. The molecule has 0 atom stereocenters. The zero-order chi connectivity index (χ0) is 23.0. The Morgan fingerprint density at radius 3 is 1.81 bits per heavy atom. The van der Waals surface area contributed by atoms with Gasteiger partial charge in [-0.25, -0.2) is 4.79 Å². The number of rotatable bonds is 4. The van der Waals surface area contributed by atoms with E-state index in [0.717, 1.165) is 38.9 Å². The van der Waals surface area contributed by atoms with Crippen LogP contribution in [0.25, 0.3) is 12.2 Å². The van der Waals surface area contributed by atoms with Crippen LogP contribution >= 0.6 is 0 Å². The summed E-state index contributed by atoms with van der Waals surface area (Å²) < 4.78 is 5.77. The van der Waals surface area contributed by atoms with Gasteiger partial charge < -0.3 is 14.9 Å². The molecule has 162 valence electrons. The second-order valence-electron chi connectivity index (χ2n) is 8.35. The van der Waals surface area contributed by atoms with E-state index in [1.54, 1.807) is 32.1 Å². The highest BCUT2D eigenvalue weighted by molar-refractivity contribution is 5.98. The van der Waals surface area contributed by atoms with Crippen LogP contribution < -0.4 is 4.74 Å². The van der Waals surface area contributed by atoms with Gasteiger partial charge in [-0.05, 0) is 91.4 Å². The van der Waals surface area contributed by atoms with Gasteiger partial charge in [0.2, 0.25) is 0 Å². The molecular formula is C28H26O4. The van der Waals surface area contributed by atoms with Crippen LogP contribution in [0, 0.1) is 13.8 Å². The summed E-state index contributed by atoms with van der Waals surface area (Å²) in [5, 5.41) is 19.7. The highest BCUT2D eigenvalue weighted by atomic mass is 16.5. The first-order valence-electron chi connectivity index (χ1n) is 10.5. The van der Waals surface area contributed by atoms with Gasteiger partial charge in [-0.1, -0.05) is 42.5 Å². The number of aryl methyl sites for hydroxylation is 2. The van der Waals surface area contributed by atoms with Gasteiger partial charge in [0.1, 0.15) is 11.2 Å². The fraction of sp³-hybridized carbons (Fsp3) is 0.179. The number of benzene rings is 3. The van der Waals surface area contributed by atoms with Crippen LogP contribution in [0.15, 0.2) is 72.2 Å². The molecule has 0 amide bonds. The average Bonchev–Trinajstić information content (AvgIpc) is 3.03. The van der Waals surface area contributed by atoms with Crippen LogP contribution in [-0.2, 0) is 10.2 Å². The molecule has 4 nitrogen and oxygen atoms in total. The molecule has 0 fully saturated rings. The number of ether oxygens (including phenoxy) is 1. The zero-order valence-corrected chi connectivity index (χ0v) is 18.6. The molecule has 32 heavy (non-hydrogen) atoms. The summed E-state index contributed by atoms with van der Waals surface area (Å²) in [7, 11) is 0. The summed E-state index contributed by atoms with van der Waals surface area (Å²) >= 11 is 0. The number of allylic oxidation sites excluding steroid dienone is 2. The minimum absolute atomic E-state index is 0.190. The highest BCUT2D eigenvalue weighted by Gasteiger charge is 2.52. The van der Waals surface area contributed by atoms with Crippen molar-refractivity contribution in [1.82, 2.24) is 0 Å². The van der Waals surface area contributed by atoms with Crippen molar-refractivity contribution in [3.63, 3.8) is 0 Å². The minimum Gasteiger partial charge on any atom is -0.513 e. The highest BCUT2D eigenvalue weighted by Crippen LogP contribution is 2.49. The van der Waals surface area contributed by atoms with E-state index in [4.69, 9.17) is 4.74 Å². The van der Waals surface area contributed by atoms with Crippen LogP contribution in [0.4, 0.5) is 0 Å². The van der Waals surface area contributed by atoms with Crippen LogP contribution in [0.3, 0.4) is 0 Å². The maximum Gasteiger partial charge on any atom is 0.331 e. The largest absolute Gasteiger partial charge is 0.513 e. The Morgan fingerprint density at radius 1 is 0.812 bits per heavy atom. The fourth-order valence-corrected chi connectivity index (χ4v) is 4.37. The summed E-state index contributed by atoms with van der Waals surface area (Å²) in [6, 6.07) is 19.1. The summed E-state index contributed by atoms with van der Waals surface area (Å²) in [5.41, 5.74) is 4.74. The molecule has 3 aromatic rings. The van der Waals surface area contributed by atoms with Crippen molar-refractivity contribution in [3.8, 4) is 5.75 Å². The number of hydrogen-bond acceptors (Lipinski definition) is 4. The van der Waals surface area contributed by atoms with Gasteiger partial charge >= 0.3 is 5.97 Å². The van der Waals surface area contributed by atoms with E-state index in [1.807, 2.05) is 68.4 Å². The molecule has 1 aliphatic heterocycles. The Bertz CT molecular complexity index is 1200. The van der Waals surface area contributed by atoms with E-state index in [1.165, 1.54) is 0 Å². The van der Waals surface area contributed by atoms with E-state index >= 15 is 0 Å². The normalized spacial score (nSPS) is 15.4. The summed E-state index contributed by atoms with van der Waals surface area (Å²) in [4.78, 5) is 13.6. The van der Waals surface area contributed by atoms with Crippen molar-refractivity contribution in [2.45, 2.75) is 33.1 Å².